The van der Waals surface area contributed by atoms with E-state index in [2.05, 4.69) is 15.6 Å². The molecule has 0 aliphatic carbocycles. The van der Waals surface area contributed by atoms with Crippen LogP contribution in [-0.2, 0) is 14.4 Å². The molecule has 1 aromatic rings. The van der Waals surface area contributed by atoms with Gasteiger partial charge < -0.3 is 27.2 Å². The van der Waals surface area contributed by atoms with Crippen molar-refractivity contribution < 1.29 is 24.3 Å². The SMILES string of the molecule is NC(N)=NCCCC(NC(=O)CNC(=O)CCSC(=O)c1ccccc1)C(=O)O. The summed E-state index contributed by atoms with van der Waals surface area (Å²) in [6, 6.07) is 7.59. The third-order valence-corrected chi connectivity index (χ3v) is 4.50. The van der Waals surface area contributed by atoms with Crippen molar-refractivity contribution in [2.24, 2.45) is 16.5 Å². The van der Waals surface area contributed by atoms with Crippen molar-refractivity contribution in [1.29, 1.82) is 0 Å². The second-order valence-electron chi connectivity index (χ2n) is 5.94. The number of hydrogen-bond donors (Lipinski definition) is 5. The number of carboxylic acids is 1. The number of nitrogens with zero attached hydrogens (tertiary/aromatic N) is 1. The first-order valence-corrected chi connectivity index (χ1v) is 9.84. The minimum atomic E-state index is -1.19. The minimum Gasteiger partial charge on any atom is -0.480 e. The van der Waals surface area contributed by atoms with E-state index in [1.165, 1.54) is 0 Å². The highest BCUT2D eigenvalue weighted by Gasteiger charge is 2.19. The zero-order chi connectivity index (χ0) is 21.6. The van der Waals surface area contributed by atoms with Crippen LogP contribution in [0, 0.1) is 0 Å². The Balaban J connectivity index is 2.27. The van der Waals surface area contributed by atoms with Crippen molar-refractivity contribution in [3.8, 4) is 0 Å². The topological polar surface area (TPSA) is 177 Å². The third-order valence-electron chi connectivity index (χ3n) is 3.60. The molecule has 7 N–H and O–H groups in total. The van der Waals surface area contributed by atoms with Crippen molar-refractivity contribution in [3.05, 3.63) is 35.9 Å². The molecule has 0 bridgehead atoms. The molecule has 1 rings (SSSR count). The molecule has 1 aromatic carbocycles. The number of thioether (sulfide) groups is 1. The molecule has 29 heavy (non-hydrogen) atoms. The predicted octanol–water partition coefficient (Wildman–Crippen LogP) is -0.311. The largest absolute Gasteiger partial charge is 0.480 e. The van der Waals surface area contributed by atoms with Crippen LogP contribution in [-0.4, -0.2) is 58.8 Å². The predicted molar refractivity (Wildman–Crippen MR) is 110 cm³/mol. The number of amides is 2. The fourth-order valence-corrected chi connectivity index (χ4v) is 2.94. The van der Waals surface area contributed by atoms with Gasteiger partial charge >= 0.3 is 5.97 Å². The number of carbonyl (C=O) groups is 4. The van der Waals surface area contributed by atoms with E-state index >= 15 is 0 Å². The lowest BCUT2D eigenvalue weighted by molar-refractivity contribution is -0.141. The van der Waals surface area contributed by atoms with E-state index in [1.807, 2.05) is 0 Å². The number of nitrogens with one attached hydrogen (secondary N) is 2. The van der Waals surface area contributed by atoms with Gasteiger partial charge in [0, 0.05) is 24.3 Å². The van der Waals surface area contributed by atoms with E-state index in [-0.39, 0.29) is 42.8 Å². The van der Waals surface area contributed by atoms with Gasteiger partial charge in [-0.1, -0.05) is 42.1 Å². The summed E-state index contributed by atoms with van der Waals surface area (Å²) >= 11 is 1.01. The van der Waals surface area contributed by atoms with E-state index in [9.17, 15) is 19.2 Å². The number of aliphatic carboxylic acids is 1. The van der Waals surface area contributed by atoms with Gasteiger partial charge in [0.05, 0.1) is 6.54 Å². The molecule has 11 heteroatoms. The Hall–Kier alpha value is -3.08. The Bertz CT molecular complexity index is 737. The van der Waals surface area contributed by atoms with Gasteiger partial charge in [0.2, 0.25) is 16.9 Å². The summed E-state index contributed by atoms with van der Waals surface area (Å²) in [5.41, 5.74) is 10.9. The summed E-state index contributed by atoms with van der Waals surface area (Å²) in [5.74, 6) is -2.05. The quantitative estimate of drug-likeness (QED) is 0.173. The van der Waals surface area contributed by atoms with Crippen molar-refractivity contribution >= 4 is 40.6 Å². The average Bonchev–Trinajstić information content (AvgIpc) is 2.68. The van der Waals surface area contributed by atoms with Crippen LogP contribution < -0.4 is 22.1 Å². The minimum absolute atomic E-state index is 0.0530. The van der Waals surface area contributed by atoms with Crippen LogP contribution in [0.15, 0.2) is 35.3 Å². The molecule has 1 atom stereocenters. The standard InChI is InChI=1S/C18H25N5O5S/c19-18(20)21-9-4-7-13(16(26)27)23-15(25)11-22-14(24)8-10-29-17(28)12-5-2-1-3-6-12/h1-3,5-6,13H,4,7-11H2,(H,22,24)(H,23,25)(H,26,27)(H4,19,20,21). The van der Waals surface area contributed by atoms with Gasteiger partial charge in [0.25, 0.3) is 0 Å². The zero-order valence-electron chi connectivity index (χ0n) is 15.8. The van der Waals surface area contributed by atoms with E-state index in [1.54, 1.807) is 30.3 Å². The highest BCUT2D eigenvalue weighted by atomic mass is 32.2. The molecule has 0 fully saturated rings. The second-order valence-corrected chi connectivity index (χ2v) is 7.00. The summed E-state index contributed by atoms with van der Waals surface area (Å²) in [6.45, 7) is -0.105. The lowest BCUT2D eigenvalue weighted by Crippen LogP contribution is -2.45. The normalized spacial score (nSPS) is 11.2. The van der Waals surface area contributed by atoms with E-state index in [0.717, 1.165) is 11.8 Å². The van der Waals surface area contributed by atoms with Crippen LogP contribution in [0.1, 0.15) is 29.6 Å². The first-order chi connectivity index (χ1) is 13.8. The fraction of sp³-hybridized carbons (Fsp3) is 0.389. The van der Waals surface area contributed by atoms with Gasteiger partial charge in [0.1, 0.15) is 6.04 Å². The van der Waals surface area contributed by atoms with Crippen molar-refractivity contribution in [2.75, 3.05) is 18.8 Å². The van der Waals surface area contributed by atoms with Crippen LogP contribution in [0.25, 0.3) is 0 Å². The van der Waals surface area contributed by atoms with Gasteiger partial charge in [-0.15, -0.1) is 0 Å². The molecule has 2 amide bonds. The van der Waals surface area contributed by atoms with Crippen molar-refractivity contribution in [3.63, 3.8) is 0 Å². The highest BCUT2D eigenvalue weighted by Crippen LogP contribution is 2.12. The molecule has 0 spiro atoms. The maximum absolute atomic E-state index is 11.9. The summed E-state index contributed by atoms with van der Waals surface area (Å²) in [4.78, 5) is 50.5. The maximum Gasteiger partial charge on any atom is 0.326 e. The highest BCUT2D eigenvalue weighted by molar-refractivity contribution is 8.14. The van der Waals surface area contributed by atoms with Gasteiger partial charge in [-0.05, 0) is 12.8 Å². The number of hydrogen-bond acceptors (Lipinski definition) is 6. The number of carboxylic acid groups (broad SMARTS) is 1. The van der Waals surface area contributed by atoms with Gasteiger partial charge in [-0.3, -0.25) is 19.4 Å². The molecule has 0 saturated carbocycles. The van der Waals surface area contributed by atoms with Gasteiger partial charge in [-0.25, -0.2) is 4.79 Å². The molecule has 0 saturated heterocycles. The van der Waals surface area contributed by atoms with E-state index < -0.39 is 23.8 Å². The lowest BCUT2D eigenvalue weighted by atomic mass is 10.1. The summed E-state index contributed by atoms with van der Waals surface area (Å²) in [6.07, 6.45) is 0.565. The molecule has 0 aromatic heterocycles. The Morgan fingerprint density at radius 2 is 1.79 bits per heavy atom. The Morgan fingerprint density at radius 1 is 1.10 bits per heavy atom. The smallest absolute Gasteiger partial charge is 0.326 e. The van der Waals surface area contributed by atoms with E-state index in [0.29, 0.717) is 12.0 Å². The van der Waals surface area contributed by atoms with Crippen molar-refractivity contribution in [1.82, 2.24) is 10.6 Å². The Morgan fingerprint density at radius 3 is 2.41 bits per heavy atom. The number of guanidine groups is 1. The fourth-order valence-electron chi connectivity index (χ4n) is 2.17. The summed E-state index contributed by atoms with van der Waals surface area (Å²) in [7, 11) is 0. The molecule has 1 unspecified atom stereocenters. The zero-order valence-corrected chi connectivity index (χ0v) is 16.6. The number of aliphatic imine (C=N–C) groups is 1. The second kappa shape index (κ2) is 13.2. The monoisotopic (exact) mass is 423 g/mol. The van der Waals surface area contributed by atoms with Gasteiger partial charge in [-0.2, -0.15) is 0 Å². The number of nitrogens with two attached hydrogens (primary N) is 2. The summed E-state index contributed by atoms with van der Waals surface area (Å²) < 4.78 is 0. The lowest BCUT2D eigenvalue weighted by Gasteiger charge is -2.14. The van der Waals surface area contributed by atoms with Crippen molar-refractivity contribution in [2.45, 2.75) is 25.3 Å². The third kappa shape index (κ3) is 10.7. The molecule has 0 aliphatic heterocycles. The van der Waals surface area contributed by atoms with Crippen LogP contribution in [0.2, 0.25) is 0 Å². The summed E-state index contributed by atoms with van der Waals surface area (Å²) in [5, 5.41) is 13.7. The molecule has 158 valence electrons. The number of benzene rings is 1. The van der Waals surface area contributed by atoms with Crippen LogP contribution >= 0.6 is 11.8 Å². The Kier molecular flexibility index (Phi) is 10.9. The van der Waals surface area contributed by atoms with Crippen LogP contribution in [0.5, 0.6) is 0 Å². The molecule has 0 heterocycles. The van der Waals surface area contributed by atoms with Crippen LogP contribution in [0.3, 0.4) is 0 Å². The van der Waals surface area contributed by atoms with Gasteiger partial charge in [0.15, 0.2) is 5.96 Å². The van der Waals surface area contributed by atoms with Crippen LogP contribution in [0.4, 0.5) is 0 Å². The van der Waals surface area contributed by atoms with E-state index in [4.69, 9.17) is 16.6 Å². The first kappa shape index (κ1) is 24.0. The molecule has 10 nitrogen and oxygen atoms in total. The molecular weight excluding hydrogens is 398 g/mol. The average molecular weight is 423 g/mol. The molecular formula is C18H25N5O5S. The molecule has 0 radical (unpaired) electrons. The number of carbonyl (C=O) groups excluding carboxylic acids is 3. The number of rotatable bonds is 12. The Labute approximate surface area is 172 Å². The first-order valence-electron chi connectivity index (χ1n) is 8.86. The molecule has 0 aliphatic rings. The maximum atomic E-state index is 11.9.